The van der Waals surface area contributed by atoms with Crippen molar-refractivity contribution in [3.05, 3.63) is 189 Å². The Kier molecular flexibility index (Phi) is 12.4. The van der Waals surface area contributed by atoms with Crippen LogP contribution in [0.5, 0.6) is 0 Å². The third kappa shape index (κ3) is 8.60. The minimum atomic E-state index is -1.13. The number of benzene rings is 8. The van der Waals surface area contributed by atoms with E-state index in [0.29, 0.717) is 99.5 Å². The zero-order chi connectivity index (χ0) is 54.8. The fraction of sp³-hybridized carbons (Fsp3) is 0.117. The Balaban J connectivity index is 0.000000165. The number of carboxylic acids is 4. The Bertz CT molecular complexity index is 4600. The number of aromatic nitrogens is 8. The normalized spacial score (nSPS) is 12.7. The summed E-state index contributed by atoms with van der Waals surface area (Å²) < 4.78 is 0. The highest BCUT2D eigenvalue weighted by Gasteiger charge is 2.25. The van der Waals surface area contributed by atoms with Gasteiger partial charge < -0.3 is 25.5 Å². The van der Waals surface area contributed by atoms with Crippen LogP contribution in [0.2, 0.25) is 0 Å². The van der Waals surface area contributed by atoms with Crippen molar-refractivity contribution in [3.8, 4) is 0 Å². The second kappa shape index (κ2) is 19.4. The van der Waals surface area contributed by atoms with Crippen molar-refractivity contribution in [2.75, 3.05) is 0 Å². The zero-order valence-electron chi connectivity index (χ0n) is 41.8. The molecule has 0 aliphatic rings. The van der Waals surface area contributed by atoms with Gasteiger partial charge in [0.2, 0.25) is 0 Å². The predicted molar refractivity (Wildman–Crippen MR) is 292 cm³/mol. The fourth-order valence-electron chi connectivity index (χ4n) is 10.1. The van der Waals surface area contributed by atoms with Gasteiger partial charge in [-0.05, 0) is 109 Å². The number of Topliss-reactive ketones (excluding diaryl/α,β-unsaturated/α-hetero) is 1. The Morgan fingerprint density at radius 3 is 1.15 bits per heavy atom. The Hall–Kier alpha value is -10.3. The van der Waals surface area contributed by atoms with Crippen LogP contribution in [0.25, 0.3) is 88.3 Å². The number of para-hydroxylation sites is 6. The van der Waals surface area contributed by atoms with E-state index in [0.717, 1.165) is 11.1 Å². The van der Waals surface area contributed by atoms with Crippen molar-refractivity contribution in [1.29, 1.82) is 0 Å². The van der Waals surface area contributed by atoms with Crippen molar-refractivity contribution in [2.45, 2.75) is 45.6 Å². The molecule has 8 aromatic carbocycles. The number of hydrogen-bond donors (Lipinski definition) is 5. The molecule has 382 valence electrons. The summed E-state index contributed by atoms with van der Waals surface area (Å²) in [5.74, 6) is -5.23. The Labute approximate surface area is 440 Å². The number of hydrogen-bond acceptors (Lipinski definition) is 14. The van der Waals surface area contributed by atoms with Crippen LogP contribution in [0.4, 0.5) is 0 Å². The number of rotatable bonds is 10. The molecule has 0 unspecified atom stereocenters. The molecule has 18 heteroatoms. The first-order valence-corrected chi connectivity index (χ1v) is 24.5. The van der Waals surface area contributed by atoms with Crippen molar-refractivity contribution < 1.29 is 49.5 Å². The molecule has 0 aliphatic carbocycles. The molecule has 5 N–H and O–H groups in total. The molecule has 0 fully saturated rings. The van der Waals surface area contributed by atoms with Gasteiger partial charge in [-0.1, -0.05) is 74.5 Å². The molecular weight excluding hydrogens is 993 g/mol. The summed E-state index contributed by atoms with van der Waals surface area (Å²) in [6.07, 6.45) is -0.771. The van der Waals surface area contributed by atoms with Crippen molar-refractivity contribution in [1.82, 2.24) is 39.9 Å². The van der Waals surface area contributed by atoms with Crippen molar-refractivity contribution in [3.63, 3.8) is 0 Å². The van der Waals surface area contributed by atoms with E-state index in [1.165, 1.54) is 25.1 Å². The van der Waals surface area contributed by atoms with E-state index in [9.17, 15) is 49.5 Å². The molecule has 0 bridgehead atoms. The monoisotopic (exact) mass is 1030 g/mol. The number of carbonyl (C=O) groups excluding carboxylic acids is 1. The average Bonchev–Trinajstić information content (AvgIpc) is 3.50. The van der Waals surface area contributed by atoms with E-state index in [2.05, 4.69) is 19.9 Å². The van der Waals surface area contributed by atoms with Crippen LogP contribution < -0.4 is 0 Å². The van der Waals surface area contributed by atoms with Gasteiger partial charge in [0, 0.05) is 23.0 Å². The van der Waals surface area contributed by atoms with Gasteiger partial charge in [-0.3, -0.25) is 4.79 Å². The van der Waals surface area contributed by atoms with Crippen LogP contribution in [-0.2, 0) is 0 Å². The smallest absolute Gasteiger partial charge is 0.337 e. The maximum Gasteiger partial charge on any atom is 0.337 e. The van der Waals surface area contributed by atoms with Crippen molar-refractivity contribution in [2.24, 2.45) is 0 Å². The topological polar surface area (TPSA) is 290 Å². The van der Waals surface area contributed by atoms with Gasteiger partial charge in [-0.2, -0.15) is 0 Å². The van der Waals surface area contributed by atoms with E-state index in [1.807, 2.05) is 44.2 Å². The molecule has 12 rings (SSSR count). The molecule has 0 radical (unpaired) electrons. The highest BCUT2D eigenvalue weighted by molar-refractivity contribution is 6.10. The van der Waals surface area contributed by atoms with Gasteiger partial charge in [0.15, 0.2) is 5.78 Å². The standard InChI is InChI=1S/C30H22N4O5.C30H20N4O5/c1-14(17-6-3-9-21-25(17)31-23-11-5-8-19(29(36)37)27(23)32-21)16-12-20(30(38)39)28-24(13-16)34-26-18(15(2)35)7-4-10-22(26)33-28;1-14(16-6-3-9-21-24(16)31-23-11-5-8-19(29(36)37)26(23)32-21)17-12-13-20(30(38)39)28-27(17)34-25-18(15(2)35)7-4-10-22(25)33-28/h3-15,35H,1-2H3,(H,36,37)(H,38,39);3-14H,1-2H3,(H,36,37)(H,38,39)/t14-,15+;14-/m01/s1. The summed E-state index contributed by atoms with van der Waals surface area (Å²) in [5, 5.41) is 49.3. The molecule has 4 heterocycles. The van der Waals surface area contributed by atoms with Crippen LogP contribution in [0, 0.1) is 0 Å². The lowest BCUT2D eigenvalue weighted by Gasteiger charge is -2.18. The number of aliphatic hydroxyl groups excluding tert-OH is 1. The summed E-state index contributed by atoms with van der Waals surface area (Å²) >= 11 is 0. The molecule has 3 atom stereocenters. The van der Waals surface area contributed by atoms with Gasteiger partial charge >= 0.3 is 23.9 Å². The highest BCUT2D eigenvalue weighted by Crippen LogP contribution is 2.37. The Morgan fingerprint density at radius 2 is 0.679 bits per heavy atom. The van der Waals surface area contributed by atoms with E-state index in [-0.39, 0.29) is 50.9 Å². The molecular formula is C60H42N8O10. The summed E-state index contributed by atoms with van der Waals surface area (Å²) in [6, 6.07) is 37.6. The third-order valence-electron chi connectivity index (χ3n) is 14.0. The largest absolute Gasteiger partial charge is 0.478 e. The van der Waals surface area contributed by atoms with E-state index >= 15 is 0 Å². The quantitative estimate of drug-likeness (QED) is 0.0628. The van der Waals surface area contributed by atoms with Gasteiger partial charge in [0.1, 0.15) is 27.6 Å². The van der Waals surface area contributed by atoms with Gasteiger partial charge in [0.25, 0.3) is 0 Å². The van der Waals surface area contributed by atoms with Gasteiger partial charge in [-0.15, -0.1) is 0 Å². The maximum absolute atomic E-state index is 12.3. The minimum absolute atomic E-state index is 0.00786. The number of aromatic carboxylic acids is 4. The van der Waals surface area contributed by atoms with Gasteiger partial charge in [-0.25, -0.2) is 59.0 Å². The van der Waals surface area contributed by atoms with Gasteiger partial charge in [0.05, 0.1) is 89.0 Å². The average molecular weight is 1040 g/mol. The lowest BCUT2D eigenvalue weighted by Crippen LogP contribution is -2.07. The highest BCUT2D eigenvalue weighted by atomic mass is 16.4. The van der Waals surface area contributed by atoms with Crippen molar-refractivity contribution >= 4 is 118 Å². The minimum Gasteiger partial charge on any atom is -0.478 e. The van der Waals surface area contributed by atoms with Crippen LogP contribution in [0.1, 0.15) is 125 Å². The summed E-state index contributed by atoms with van der Waals surface area (Å²) in [4.78, 5) is 97.7. The first kappa shape index (κ1) is 49.9. The lowest BCUT2D eigenvalue weighted by atomic mass is 9.89. The van der Waals surface area contributed by atoms with E-state index in [4.69, 9.17) is 19.9 Å². The van der Waals surface area contributed by atoms with E-state index in [1.54, 1.807) is 91.9 Å². The second-order valence-corrected chi connectivity index (χ2v) is 18.8. The Morgan fingerprint density at radius 1 is 0.333 bits per heavy atom. The molecule has 0 amide bonds. The third-order valence-corrected chi connectivity index (χ3v) is 14.0. The second-order valence-electron chi connectivity index (χ2n) is 18.8. The molecule has 78 heavy (non-hydrogen) atoms. The number of aliphatic hydroxyl groups is 1. The first-order chi connectivity index (χ1) is 37.5. The summed E-state index contributed by atoms with van der Waals surface area (Å²) in [7, 11) is 0. The lowest BCUT2D eigenvalue weighted by molar-refractivity contribution is 0.0688. The van der Waals surface area contributed by atoms with Crippen LogP contribution in [-0.4, -0.2) is 95.1 Å². The maximum atomic E-state index is 12.3. The summed E-state index contributed by atoms with van der Waals surface area (Å²) in [6.45, 7) is 6.99. The fourth-order valence-corrected chi connectivity index (χ4v) is 10.1. The number of carboxylic acid groups (broad SMARTS) is 4. The van der Waals surface area contributed by atoms with Crippen LogP contribution >= 0.6 is 0 Å². The first-order valence-electron chi connectivity index (χ1n) is 24.5. The van der Waals surface area contributed by atoms with E-state index < -0.39 is 30.0 Å². The number of ketones is 1. The SMILES string of the molecule is CC(=O)c1cccc2nc3c(C(=O)O)ccc([C@H](C)c4cccc5nc6c(C(=O)O)cccc6nc45)c3nc12.C[C@@H](c1cc(C(=O)O)c2nc3cccc([C@@H](C)O)c3nc2c1)c1cccc2nc3c(C(=O)O)cccc3nc12. The number of nitrogens with zero attached hydrogens (tertiary/aromatic N) is 8. The van der Waals surface area contributed by atoms with Crippen LogP contribution in [0.15, 0.2) is 133 Å². The molecule has 4 aromatic heterocycles. The molecule has 0 saturated heterocycles. The molecule has 0 spiro atoms. The number of carbonyl (C=O) groups is 5. The zero-order valence-corrected chi connectivity index (χ0v) is 41.8. The molecule has 0 saturated carbocycles. The van der Waals surface area contributed by atoms with Crippen LogP contribution in [0.3, 0.4) is 0 Å². The molecule has 12 aromatic rings. The number of fused-ring (bicyclic) bond motifs is 8. The summed E-state index contributed by atoms with van der Waals surface area (Å²) in [5.41, 5.74) is 11.0. The molecule has 18 nitrogen and oxygen atoms in total. The molecule has 0 aliphatic heterocycles. The predicted octanol–water partition coefficient (Wildman–Crippen LogP) is 11.1.